The van der Waals surface area contributed by atoms with Gasteiger partial charge in [0.05, 0.1) is 5.60 Å². The molecule has 0 unspecified atom stereocenters. The van der Waals surface area contributed by atoms with Crippen molar-refractivity contribution in [1.82, 2.24) is 10.3 Å². The molecule has 1 fully saturated rings. The van der Waals surface area contributed by atoms with Crippen molar-refractivity contribution in [2.24, 2.45) is 5.41 Å². The Hall–Kier alpha value is -1.14. The zero-order chi connectivity index (χ0) is 13.4. The number of nitrogens with one attached hydrogen (secondary N) is 2. The van der Waals surface area contributed by atoms with Crippen LogP contribution in [0, 0.1) is 5.41 Å². The fraction of sp³-hybridized carbons (Fsp3) is 0.667. The Morgan fingerprint density at radius 2 is 2.28 bits per heavy atom. The van der Waals surface area contributed by atoms with Gasteiger partial charge in [0.25, 0.3) is 0 Å². The Kier molecular flexibility index (Phi) is 3.33. The van der Waals surface area contributed by atoms with Gasteiger partial charge in [0.15, 0.2) is 5.13 Å². The molecule has 1 saturated carbocycles. The van der Waals surface area contributed by atoms with Gasteiger partial charge in [0.1, 0.15) is 0 Å². The van der Waals surface area contributed by atoms with E-state index in [-0.39, 0.29) is 23.1 Å². The highest BCUT2D eigenvalue weighted by molar-refractivity contribution is 7.13. The predicted octanol–water partition coefficient (Wildman–Crippen LogP) is 2.47. The summed E-state index contributed by atoms with van der Waals surface area (Å²) < 4.78 is 5.52. The molecule has 2 rings (SSSR count). The van der Waals surface area contributed by atoms with E-state index in [9.17, 15) is 4.79 Å². The van der Waals surface area contributed by atoms with Crippen molar-refractivity contribution in [3.8, 4) is 0 Å². The normalized spacial score (nSPS) is 29.4. The molecule has 0 aromatic carbocycles. The molecule has 0 saturated heterocycles. The Labute approximate surface area is 111 Å². The van der Waals surface area contributed by atoms with E-state index < -0.39 is 0 Å². The molecule has 1 aliphatic carbocycles. The average molecular weight is 269 g/mol. The number of methoxy groups -OCH3 is 1. The molecule has 6 heteroatoms. The quantitative estimate of drug-likeness (QED) is 0.886. The largest absolute Gasteiger partial charge is 0.378 e. The van der Waals surface area contributed by atoms with Crippen LogP contribution >= 0.6 is 11.3 Å². The number of ether oxygens (including phenoxy) is 1. The van der Waals surface area contributed by atoms with Crippen molar-refractivity contribution in [2.75, 3.05) is 12.4 Å². The van der Waals surface area contributed by atoms with Crippen LogP contribution in [0.1, 0.15) is 27.2 Å². The zero-order valence-electron chi connectivity index (χ0n) is 11.1. The molecule has 2 N–H and O–H groups in total. The third-order valence-corrected chi connectivity index (χ3v) is 4.92. The Morgan fingerprint density at radius 3 is 2.78 bits per heavy atom. The second-order valence-electron chi connectivity index (χ2n) is 5.35. The van der Waals surface area contributed by atoms with Crippen LogP contribution < -0.4 is 10.6 Å². The molecule has 1 heterocycles. The van der Waals surface area contributed by atoms with Crippen LogP contribution in [0.15, 0.2) is 11.6 Å². The van der Waals surface area contributed by atoms with Crippen molar-refractivity contribution in [3.63, 3.8) is 0 Å². The minimum atomic E-state index is -0.207. The third kappa shape index (κ3) is 2.10. The number of rotatable bonds is 3. The van der Waals surface area contributed by atoms with E-state index in [0.29, 0.717) is 5.13 Å². The fourth-order valence-corrected chi connectivity index (χ4v) is 2.82. The van der Waals surface area contributed by atoms with Crippen molar-refractivity contribution >= 4 is 22.5 Å². The number of amides is 2. The maximum Gasteiger partial charge on any atom is 0.321 e. The number of hydrogen-bond acceptors (Lipinski definition) is 4. The number of thiazole rings is 1. The number of carbonyl (C=O) groups is 1. The number of carbonyl (C=O) groups excluding carboxylic acids is 1. The lowest BCUT2D eigenvalue weighted by Gasteiger charge is -2.58. The highest BCUT2D eigenvalue weighted by atomic mass is 32.1. The SMILES string of the molecule is CO[C@@]1(C)C[C@H](NC(=O)Nc2nccs2)C1(C)C. The van der Waals surface area contributed by atoms with Crippen LogP contribution in [-0.4, -0.2) is 29.8 Å². The van der Waals surface area contributed by atoms with Gasteiger partial charge < -0.3 is 10.1 Å². The van der Waals surface area contributed by atoms with Crippen molar-refractivity contribution < 1.29 is 9.53 Å². The molecular weight excluding hydrogens is 250 g/mol. The first-order valence-corrected chi connectivity index (χ1v) is 6.79. The van der Waals surface area contributed by atoms with E-state index in [0.717, 1.165) is 6.42 Å². The first kappa shape index (κ1) is 13.3. The Balaban J connectivity index is 1.90. The third-order valence-electron chi connectivity index (χ3n) is 4.24. The summed E-state index contributed by atoms with van der Waals surface area (Å²) in [7, 11) is 1.72. The van der Waals surface area contributed by atoms with Crippen LogP contribution in [0.4, 0.5) is 9.93 Å². The highest BCUT2D eigenvalue weighted by Gasteiger charge is 2.58. The van der Waals surface area contributed by atoms with Crippen LogP contribution in [0.3, 0.4) is 0 Å². The molecule has 0 spiro atoms. The maximum absolute atomic E-state index is 11.8. The van der Waals surface area contributed by atoms with E-state index in [1.807, 2.05) is 5.38 Å². The van der Waals surface area contributed by atoms with Gasteiger partial charge in [-0.1, -0.05) is 13.8 Å². The van der Waals surface area contributed by atoms with Crippen molar-refractivity contribution in [2.45, 2.75) is 38.8 Å². The van der Waals surface area contributed by atoms with Gasteiger partial charge in [0, 0.05) is 30.1 Å². The second-order valence-corrected chi connectivity index (χ2v) is 6.24. The first-order chi connectivity index (χ1) is 8.39. The summed E-state index contributed by atoms with van der Waals surface area (Å²) in [6.45, 7) is 6.28. The summed E-state index contributed by atoms with van der Waals surface area (Å²) in [6.07, 6.45) is 2.48. The minimum Gasteiger partial charge on any atom is -0.378 e. The van der Waals surface area contributed by atoms with Crippen molar-refractivity contribution in [1.29, 1.82) is 0 Å². The van der Waals surface area contributed by atoms with E-state index in [4.69, 9.17) is 4.74 Å². The molecule has 1 aliphatic rings. The predicted molar refractivity (Wildman–Crippen MR) is 71.9 cm³/mol. The standard InChI is InChI=1S/C12H19N3O2S/c1-11(2)8(7-12(11,3)17-4)14-9(16)15-10-13-5-6-18-10/h5-6,8H,7H2,1-4H3,(H2,13,14,15,16)/t8-,12-/m0/s1. The average Bonchev–Trinajstić information content (AvgIpc) is 2.80. The minimum absolute atomic E-state index is 0.0814. The van der Waals surface area contributed by atoms with Gasteiger partial charge in [0.2, 0.25) is 0 Å². The Morgan fingerprint density at radius 1 is 1.56 bits per heavy atom. The first-order valence-electron chi connectivity index (χ1n) is 5.91. The summed E-state index contributed by atoms with van der Waals surface area (Å²) in [5.41, 5.74) is -0.256. The molecule has 2 atom stereocenters. The van der Waals surface area contributed by atoms with Gasteiger partial charge >= 0.3 is 6.03 Å². The van der Waals surface area contributed by atoms with Crippen molar-refractivity contribution in [3.05, 3.63) is 11.6 Å². The molecular formula is C12H19N3O2S. The summed E-state index contributed by atoms with van der Waals surface area (Å²) in [5, 5.41) is 8.13. The molecule has 18 heavy (non-hydrogen) atoms. The van der Waals surface area contributed by atoms with Crippen LogP contribution in [-0.2, 0) is 4.74 Å². The fourth-order valence-electron chi connectivity index (χ4n) is 2.30. The monoisotopic (exact) mass is 269 g/mol. The number of aromatic nitrogens is 1. The summed E-state index contributed by atoms with van der Waals surface area (Å²) in [5.74, 6) is 0. The van der Waals surface area contributed by atoms with Gasteiger partial charge in [-0.25, -0.2) is 9.78 Å². The van der Waals surface area contributed by atoms with Gasteiger partial charge in [-0.3, -0.25) is 5.32 Å². The van der Waals surface area contributed by atoms with E-state index >= 15 is 0 Å². The smallest absolute Gasteiger partial charge is 0.321 e. The van der Waals surface area contributed by atoms with E-state index in [1.54, 1.807) is 13.3 Å². The molecule has 2 amide bonds. The number of anilines is 1. The topological polar surface area (TPSA) is 63.2 Å². The van der Waals surface area contributed by atoms with Crippen LogP contribution in [0.5, 0.6) is 0 Å². The van der Waals surface area contributed by atoms with E-state index in [1.165, 1.54) is 11.3 Å². The molecule has 0 aliphatic heterocycles. The lowest BCUT2D eigenvalue weighted by atomic mass is 9.56. The molecule has 0 bridgehead atoms. The second kappa shape index (κ2) is 4.51. The van der Waals surface area contributed by atoms with Crippen LogP contribution in [0.25, 0.3) is 0 Å². The summed E-state index contributed by atoms with van der Waals surface area (Å²) in [4.78, 5) is 15.8. The lowest BCUT2D eigenvalue weighted by Crippen LogP contribution is -2.68. The number of hydrogen-bond donors (Lipinski definition) is 2. The zero-order valence-corrected chi connectivity index (χ0v) is 11.9. The maximum atomic E-state index is 11.8. The molecule has 100 valence electrons. The van der Waals surface area contributed by atoms with E-state index in [2.05, 4.69) is 36.4 Å². The summed E-state index contributed by atoms with van der Waals surface area (Å²) in [6, 6.07) is -0.0939. The van der Waals surface area contributed by atoms with Gasteiger partial charge in [-0.05, 0) is 13.3 Å². The Bertz CT molecular complexity index is 433. The van der Waals surface area contributed by atoms with Gasteiger partial charge in [-0.2, -0.15) is 0 Å². The molecule has 0 radical (unpaired) electrons. The van der Waals surface area contributed by atoms with Gasteiger partial charge in [-0.15, -0.1) is 11.3 Å². The molecule has 1 aromatic rings. The molecule has 1 aromatic heterocycles. The van der Waals surface area contributed by atoms with Crippen LogP contribution in [0.2, 0.25) is 0 Å². The highest BCUT2D eigenvalue weighted by Crippen LogP contribution is 2.51. The lowest BCUT2D eigenvalue weighted by molar-refractivity contribution is -0.177. The molecule has 5 nitrogen and oxygen atoms in total. The summed E-state index contributed by atoms with van der Waals surface area (Å²) >= 11 is 1.40. The number of urea groups is 1. The number of nitrogens with zero attached hydrogens (tertiary/aromatic N) is 1.